The number of hydrogen-bond acceptors (Lipinski definition) is 4. The molecule has 0 amide bonds. The summed E-state index contributed by atoms with van der Waals surface area (Å²) in [6.45, 7) is 4.20. The predicted octanol–water partition coefficient (Wildman–Crippen LogP) is 3.28. The largest absolute Gasteiger partial charge is 0.491 e. The fraction of sp³-hybridized carbons (Fsp3) is 0.294. The quantitative estimate of drug-likeness (QED) is 0.937. The topological polar surface area (TPSA) is 47.9 Å². The zero-order valence-electron chi connectivity index (χ0n) is 12.1. The Kier molecular flexibility index (Phi) is 3.71. The van der Waals surface area contributed by atoms with Crippen LogP contribution in [0.4, 0.5) is 0 Å². The molecule has 1 N–H and O–H groups in total. The van der Waals surface area contributed by atoms with Crippen LogP contribution in [0.1, 0.15) is 31.1 Å². The molecule has 0 fully saturated rings. The van der Waals surface area contributed by atoms with E-state index in [4.69, 9.17) is 14.2 Å². The van der Waals surface area contributed by atoms with E-state index >= 15 is 0 Å². The average molecular weight is 286 g/mol. The van der Waals surface area contributed by atoms with Crippen LogP contribution in [0, 0.1) is 0 Å². The molecule has 110 valence electrons. The Labute approximate surface area is 123 Å². The van der Waals surface area contributed by atoms with E-state index in [1.807, 2.05) is 56.3 Å². The first kappa shape index (κ1) is 13.8. The standard InChI is InChI=1S/C17H18O4/c1-11(2)21-14-6-3-12(4-7-14)17(18)13-5-8-15-16(9-13)20-10-19-15/h3-9,11,17-18H,10H2,1-2H3. The van der Waals surface area contributed by atoms with Gasteiger partial charge >= 0.3 is 0 Å². The summed E-state index contributed by atoms with van der Waals surface area (Å²) < 4.78 is 16.2. The van der Waals surface area contributed by atoms with Crippen LogP contribution < -0.4 is 14.2 Å². The van der Waals surface area contributed by atoms with Crippen LogP contribution in [-0.4, -0.2) is 18.0 Å². The van der Waals surface area contributed by atoms with Crippen molar-refractivity contribution in [1.29, 1.82) is 0 Å². The van der Waals surface area contributed by atoms with Crippen molar-refractivity contribution in [3.05, 3.63) is 53.6 Å². The van der Waals surface area contributed by atoms with Gasteiger partial charge in [0, 0.05) is 0 Å². The van der Waals surface area contributed by atoms with E-state index < -0.39 is 6.10 Å². The monoisotopic (exact) mass is 286 g/mol. The molecule has 1 heterocycles. The lowest BCUT2D eigenvalue weighted by molar-refractivity contribution is 0.173. The van der Waals surface area contributed by atoms with E-state index in [2.05, 4.69) is 0 Å². The van der Waals surface area contributed by atoms with Gasteiger partial charge in [-0.3, -0.25) is 0 Å². The lowest BCUT2D eigenvalue weighted by Gasteiger charge is -2.14. The van der Waals surface area contributed by atoms with Gasteiger partial charge in [-0.1, -0.05) is 18.2 Å². The fourth-order valence-electron chi connectivity index (χ4n) is 2.28. The summed E-state index contributed by atoms with van der Waals surface area (Å²) in [5, 5.41) is 10.5. The second-order valence-corrected chi connectivity index (χ2v) is 5.25. The van der Waals surface area contributed by atoms with E-state index in [9.17, 15) is 5.11 Å². The van der Waals surface area contributed by atoms with Crippen LogP contribution in [0.25, 0.3) is 0 Å². The molecular formula is C17H18O4. The van der Waals surface area contributed by atoms with Crippen molar-refractivity contribution in [2.45, 2.75) is 26.1 Å². The Morgan fingerprint density at radius 3 is 2.33 bits per heavy atom. The Morgan fingerprint density at radius 1 is 0.952 bits per heavy atom. The lowest BCUT2D eigenvalue weighted by atomic mass is 10.0. The number of aliphatic hydroxyl groups excluding tert-OH is 1. The molecule has 1 atom stereocenters. The van der Waals surface area contributed by atoms with Gasteiger partial charge in [0.15, 0.2) is 11.5 Å². The zero-order chi connectivity index (χ0) is 14.8. The third-order valence-corrected chi connectivity index (χ3v) is 3.28. The first-order valence-corrected chi connectivity index (χ1v) is 6.98. The highest BCUT2D eigenvalue weighted by atomic mass is 16.7. The number of ether oxygens (including phenoxy) is 3. The Bertz CT molecular complexity index is 619. The Hall–Kier alpha value is -2.20. The van der Waals surface area contributed by atoms with Crippen molar-refractivity contribution >= 4 is 0 Å². The van der Waals surface area contributed by atoms with Gasteiger partial charge in [0.1, 0.15) is 11.9 Å². The number of fused-ring (bicyclic) bond motifs is 1. The van der Waals surface area contributed by atoms with Crippen LogP contribution >= 0.6 is 0 Å². The minimum atomic E-state index is -0.701. The molecule has 2 aromatic carbocycles. The van der Waals surface area contributed by atoms with Gasteiger partial charge in [-0.2, -0.15) is 0 Å². The van der Waals surface area contributed by atoms with Gasteiger partial charge in [0.05, 0.1) is 6.10 Å². The summed E-state index contributed by atoms with van der Waals surface area (Å²) in [5.74, 6) is 2.18. The summed E-state index contributed by atoms with van der Waals surface area (Å²) in [7, 11) is 0. The first-order valence-electron chi connectivity index (χ1n) is 6.98. The molecule has 0 saturated heterocycles. The molecule has 3 rings (SSSR count). The molecule has 0 spiro atoms. The summed E-state index contributed by atoms with van der Waals surface area (Å²) in [6.07, 6.45) is -0.567. The second kappa shape index (κ2) is 5.66. The summed E-state index contributed by atoms with van der Waals surface area (Å²) >= 11 is 0. The lowest BCUT2D eigenvalue weighted by Crippen LogP contribution is -2.06. The van der Waals surface area contributed by atoms with Crippen molar-refractivity contribution in [3.63, 3.8) is 0 Å². The summed E-state index contributed by atoms with van der Waals surface area (Å²) in [4.78, 5) is 0. The highest BCUT2D eigenvalue weighted by Gasteiger charge is 2.17. The van der Waals surface area contributed by atoms with Crippen molar-refractivity contribution in [2.75, 3.05) is 6.79 Å². The molecule has 0 radical (unpaired) electrons. The molecule has 4 heteroatoms. The second-order valence-electron chi connectivity index (χ2n) is 5.25. The molecule has 2 aromatic rings. The Morgan fingerprint density at radius 2 is 1.62 bits per heavy atom. The third-order valence-electron chi connectivity index (χ3n) is 3.28. The van der Waals surface area contributed by atoms with Gasteiger partial charge in [-0.25, -0.2) is 0 Å². The van der Waals surface area contributed by atoms with Gasteiger partial charge in [-0.05, 0) is 49.2 Å². The minimum Gasteiger partial charge on any atom is -0.491 e. The molecule has 1 aliphatic rings. The van der Waals surface area contributed by atoms with Crippen LogP contribution in [0.2, 0.25) is 0 Å². The van der Waals surface area contributed by atoms with Crippen molar-refractivity contribution in [3.8, 4) is 17.2 Å². The van der Waals surface area contributed by atoms with Crippen LogP contribution in [0.15, 0.2) is 42.5 Å². The van der Waals surface area contributed by atoms with Gasteiger partial charge in [0.2, 0.25) is 6.79 Å². The minimum absolute atomic E-state index is 0.134. The molecule has 21 heavy (non-hydrogen) atoms. The van der Waals surface area contributed by atoms with Gasteiger partial charge in [0.25, 0.3) is 0 Å². The molecule has 0 saturated carbocycles. The molecule has 0 aliphatic carbocycles. The third kappa shape index (κ3) is 2.95. The average Bonchev–Trinajstić information content (AvgIpc) is 2.94. The van der Waals surface area contributed by atoms with E-state index in [1.54, 1.807) is 0 Å². The maximum absolute atomic E-state index is 10.5. The number of benzene rings is 2. The molecule has 4 nitrogen and oxygen atoms in total. The van der Waals surface area contributed by atoms with Crippen LogP contribution in [-0.2, 0) is 0 Å². The summed E-state index contributed by atoms with van der Waals surface area (Å²) in [6, 6.07) is 12.9. The first-order chi connectivity index (χ1) is 10.1. The number of aliphatic hydroxyl groups is 1. The van der Waals surface area contributed by atoms with Crippen LogP contribution in [0.5, 0.6) is 17.2 Å². The molecular weight excluding hydrogens is 268 g/mol. The maximum Gasteiger partial charge on any atom is 0.231 e. The molecule has 0 bridgehead atoms. The zero-order valence-corrected chi connectivity index (χ0v) is 12.1. The number of hydrogen-bond donors (Lipinski definition) is 1. The van der Waals surface area contributed by atoms with Crippen LogP contribution in [0.3, 0.4) is 0 Å². The normalized spacial score (nSPS) is 14.3. The highest BCUT2D eigenvalue weighted by molar-refractivity contribution is 5.46. The van der Waals surface area contributed by atoms with Crippen molar-refractivity contribution in [1.82, 2.24) is 0 Å². The SMILES string of the molecule is CC(C)Oc1ccc(C(O)c2ccc3c(c2)OCO3)cc1. The van der Waals surface area contributed by atoms with E-state index in [1.165, 1.54) is 0 Å². The Balaban J connectivity index is 1.79. The number of rotatable bonds is 4. The van der Waals surface area contributed by atoms with Gasteiger partial charge < -0.3 is 19.3 Å². The van der Waals surface area contributed by atoms with Crippen molar-refractivity contribution in [2.24, 2.45) is 0 Å². The predicted molar refractivity (Wildman–Crippen MR) is 78.8 cm³/mol. The van der Waals surface area contributed by atoms with E-state index in [-0.39, 0.29) is 12.9 Å². The molecule has 1 aliphatic heterocycles. The van der Waals surface area contributed by atoms with E-state index in [0.29, 0.717) is 11.5 Å². The smallest absolute Gasteiger partial charge is 0.231 e. The van der Waals surface area contributed by atoms with Gasteiger partial charge in [-0.15, -0.1) is 0 Å². The summed E-state index contributed by atoms with van der Waals surface area (Å²) in [5.41, 5.74) is 1.58. The van der Waals surface area contributed by atoms with Crippen molar-refractivity contribution < 1.29 is 19.3 Å². The van der Waals surface area contributed by atoms with E-state index in [0.717, 1.165) is 16.9 Å². The molecule has 1 unspecified atom stereocenters. The fourth-order valence-corrected chi connectivity index (χ4v) is 2.28. The molecule has 0 aromatic heterocycles. The highest BCUT2D eigenvalue weighted by Crippen LogP contribution is 2.35. The maximum atomic E-state index is 10.5.